The summed E-state index contributed by atoms with van der Waals surface area (Å²) in [6.45, 7) is 3.46. The van der Waals surface area contributed by atoms with Crippen molar-refractivity contribution in [2.45, 2.75) is 29.4 Å². The molecule has 1 heterocycles. The molecule has 0 saturated carbocycles. The Balaban J connectivity index is 1.81. The van der Waals surface area contributed by atoms with E-state index in [1.165, 1.54) is 31.9 Å². The topological polar surface area (TPSA) is 105 Å². The molecule has 1 amide bonds. The largest absolute Gasteiger partial charge is 0.338 e. The minimum Gasteiger partial charge on any atom is -0.338 e. The molecule has 0 aliphatic rings. The molecule has 0 fully saturated rings. The van der Waals surface area contributed by atoms with E-state index in [0.717, 1.165) is 9.20 Å². The van der Waals surface area contributed by atoms with Crippen molar-refractivity contribution in [1.29, 1.82) is 0 Å². The van der Waals surface area contributed by atoms with Gasteiger partial charge in [0, 0.05) is 24.7 Å². The number of nitrogens with one attached hydrogen (secondary N) is 1. The van der Waals surface area contributed by atoms with Crippen molar-refractivity contribution in [3.63, 3.8) is 0 Å². The zero-order chi connectivity index (χ0) is 21.9. The lowest BCUT2D eigenvalue weighted by molar-refractivity contribution is 0.102. The number of carbonyl (C=O) groups excluding carboxylic acids is 1. The summed E-state index contributed by atoms with van der Waals surface area (Å²) in [4.78, 5) is 18.0. The summed E-state index contributed by atoms with van der Waals surface area (Å²) in [6.07, 6.45) is 0. The highest BCUT2D eigenvalue weighted by Crippen LogP contribution is 2.27. The number of hydrogen-bond acceptors (Lipinski definition) is 7. The lowest BCUT2D eigenvalue weighted by Crippen LogP contribution is -2.23. The van der Waals surface area contributed by atoms with Crippen LogP contribution in [-0.2, 0) is 15.8 Å². The highest BCUT2D eigenvalue weighted by atomic mass is 32.2. The van der Waals surface area contributed by atoms with Gasteiger partial charge in [-0.3, -0.25) is 4.79 Å². The fourth-order valence-corrected chi connectivity index (χ4v) is 4.70. The lowest BCUT2D eigenvalue weighted by atomic mass is 10.2. The number of aryl methyl sites for hydroxylation is 2. The molecule has 158 valence electrons. The van der Waals surface area contributed by atoms with Crippen molar-refractivity contribution in [1.82, 2.24) is 14.4 Å². The van der Waals surface area contributed by atoms with E-state index in [1.807, 2.05) is 12.1 Å². The third kappa shape index (κ3) is 4.89. The lowest BCUT2D eigenvalue weighted by Gasteiger charge is -2.15. The van der Waals surface area contributed by atoms with Crippen LogP contribution in [0.2, 0.25) is 0 Å². The zero-order valence-electron chi connectivity index (χ0n) is 17.0. The molecule has 0 unspecified atom stereocenters. The smallest absolute Gasteiger partial charge is 0.256 e. The van der Waals surface area contributed by atoms with E-state index in [4.69, 9.17) is 4.52 Å². The summed E-state index contributed by atoms with van der Waals surface area (Å²) in [5.74, 6) is 1.13. The van der Waals surface area contributed by atoms with Gasteiger partial charge in [0.2, 0.25) is 15.9 Å². The fraction of sp³-hybridized carbons (Fsp3) is 0.250. The van der Waals surface area contributed by atoms with Crippen LogP contribution < -0.4 is 5.32 Å². The summed E-state index contributed by atoms with van der Waals surface area (Å²) in [5, 5.41) is 6.55. The van der Waals surface area contributed by atoms with Crippen LogP contribution in [0, 0.1) is 13.8 Å². The first kappa shape index (κ1) is 22.0. The summed E-state index contributed by atoms with van der Waals surface area (Å²) in [7, 11) is -0.680. The number of aromatic nitrogens is 2. The van der Waals surface area contributed by atoms with E-state index in [-0.39, 0.29) is 10.8 Å². The SMILES string of the molecule is Cc1noc(CSc2ccccc2C(=O)Nc2ccc(C)c(S(=O)(=O)N(C)C)c2)n1. The third-order valence-electron chi connectivity index (χ3n) is 4.26. The van der Waals surface area contributed by atoms with E-state index in [2.05, 4.69) is 15.5 Å². The summed E-state index contributed by atoms with van der Waals surface area (Å²) < 4.78 is 31.3. The first-order chi connectivity index (χ1) is 14.2. The van der Waals surface area contributed by atoms with E-state index >= 15 is 0 Å². The van der Waals surface area contributed by atoms with Crippen LogP contribution in [0.25, 0.3) is 0 Å². The van der Waals surface area contributed by atoms with Gasteiger partial charge in [-0.15, -0.1) is 11.8 Å². The monoisotopic (exact) mass is 446 g/mol. The van der Waals surface area contributed by atoms with E-state index in [0.29, 0.717) is 34.3 Å². The molecule has 3 aromatic rings. The first-order valence-corrected chi connectivity index (χ1v) is 11.5. The van der Waals surface area contributed by atoms with E-state index in [9.17, 15) is 13.2 Å². The standard InChI is InChI=1S/C20H22N4O4S2/c1-13-9-10-15(11-18(13)30(26,27)24(3)4)22-20(25)16-7-5-6-8-17(16)29-12-19-21-14(2)23-28-19/h5-11H,12H2,1-4H3,(H,22,25). The Morgan fingerprint density at radius 2 is 1.90 bits per heavy atom. The molecule has 0 aliphatic carbocycles. The van der Waals surface area contributed by atoms with Gasteiger partial charge in [0.15, 0.2) is 5.82 Å². The zero-order valence-corrected chi connectivity index (χ0v) is 18.7. The van der Waals surface area contributed by atoms with Gasteiger partial charge in [-0.2, -0.15) is 4.98 Å². The fourth-order valence-electron chi connectivity index (χ4n) is 2.67. The van der Waals surface area contributed by atoms with Crippen molar-refractivity contribution < 1.29 is 17.7 Å². The number of hydrogen-bond donors (Lipinski definition) is 1. The van der Waals surface area contributed by atoms with Crippen LogP contribution in [0.4, 0.5) is 5.69 Å². The molecule has 2 aromatic carbocycles. The maximum absolute atomic E-state index is 12.9. The van der Waals surface area contributed by atoms with Gasteiger partial charge in [-0.1, -0.05) is 23.4 Å². The van der Waals surface area contributed by atoms with Crippen molar-refractivity contribution in [3.8, 4) is 0 Å². The van der Waals surface area contributed by atoms with E-state index in [1.54, 1.807) is 38.1 Å². The van der Waals surface area contributed by atoms with Gasteiger partial charge in [0.1, 0.15) is 0 Å². The Morgan fingerprint density at radius 3 is 2.57 bits per heavy atom. The maximum atomic E-state index is 12.9. The van der Waals surface area contributed by atoms with Crippen LogP contribution in [0.1, 0.15) is 27.6 Å². The average Bonchev–Trinajstić information content (AvgIpc) is 3.13. The molecular weight excluding hydrogens is 424 g/mol. The molecule has 0 spiro atoms. The predicted molar refractivity (Wildman–Crippen MR) is 115 cm³/mol. The second-order valence-electron chi connectivity index (χ2n) is 6.74. The molecule has 8 nitrogen and oxygen atoms in total. The summed E-state index contributed by atoms with van der Waals surface area (Å²) >= 11 is 1.41. The molecule has 10 heteroatoms. The number of thioether (sulfide) groups is 1. The summed E-state index contributed by atoms with van der Waals surface area (Å²) in [5.41, 5.74) is 1.47. The van der Waals surface area contributed by atoms with Gasteiger partial charge in [-0.25, -0.2) is 12.7 Å². The van der Waals surface area contributed by atoms with Crippen LogP contribution in [-0.4, -0.2) is 42.9 Å². The normalized spacial score (nSPS) is 11.6. The third-order valence-corrected chi connectivity index (χ3v) is 7.27. The predicted octanol–water partition coefficient (Wildman–Crippen LogP) is 3.48. The molecule has 1 N–H and O–H groups in total. The van der Waals surface area contributed by atoms with Crippen molar-refractivity contribution in [2.75, 3.05) is 19.4 Å². The first-order valence-electron chi connectivity index (χ1n) is 9.04. The molecule has 30 heavy (non-hydrogen) atoms. The molecule has 0 saturated heterocycles. The van der Waals surface area contributed by atoms with Crippen LogP contribution >= 0.6 is 11.8 Å². The molecule has 0 aliphatic heterocycles. The van der Waals surface area contributed by atoms with E-state index < -0.39 is 10.0 Å². The quantitative estimate of drug-likeness (QED) is 0.554. The Hall–Kier alpha value is -2.69. The van der Waals surface area contributed by atoms with Gasteiger partial charge in [0.05, 0.1) is 16.2 Å². The molecule has 3 rings (SSSR count). The van der Waals surface area contributed by atoms with Crippen LogP contribution in [0.3, 0.4) is 0 Å². The highest BCUT2D eigenvalue weighted by Gasteiger charge is 2.21. The summed E-state index contributed by atoms with van der Waals surface area (Å²) in [6, 6.07) is 12.0. The van der Waals surface area contributed by atoms with Crippen LogP contribution in [0.5, 0.6) is 0 Å². The number of sulfonamides is 1. The highest BCUT2D eigenvalue weighted by molar-refractivity contribution is 7.98. The van der Waals surface area contributed by atoms with Crippen LogP contribution in [0.15, 0.2) is 56.8 Å². The minimum atomic E-state index is -3.62. The van der Waals surface area contributed by atoms with Gasteiger partial charge in [0.25, 0.3) is 5.91 Å². The molecule has 1 aromatic heterocycles. The Labute approximate surface area is 179 Å². The number of rotatable bonds is 7. The maximum Gasteiger partial charge on any atom is 0.256 e. The average molecular weight is 447 g/mol. The number of nitrogens with zero attached hydrogens (tertiary/aromatic N) is 3. The Morgan fingerprint density at radius 1 is 1.17 bits per heavy atom. The van der Waals surface area contributed by atoms with Gasteiger partial charge < -0.3 is 9.84 Å². The van der Waals surface area contributed by atoms with Gasteiger partial charge >= 0.3 is 0 Å². The molecule has 0 bridgehead atoms. The number of benzene rings is 2. The Bertz CT molecular complexity index is 1170. The van der Waals surface area contributed by atoms with Crippen molar-refractivity contribution in [2.24, 2.45) is 0 Å². The molecule has 0 atom stereocenters. The minimum absolute atomic E-state index is 0.153. The number of anilines is 1. The number of carbonyl (C=O) groups is 1. The van der Waals surface area contributed by atoms with Gasteiger partial charge in [-0.05, 0) is 43.7 Å². The second-order valence-corrected chi connectivity index (χ2v) is 9.88. The van der Waals surface area contributed by atoms with Crippen molar-refractivity contribution in [3.05, 3.63) is 65.3 Å². The molecular formula is C20H22N4O4S2. The van der Waals surface area contributed by atoms with Crippen molar-refractivity contribution >= 4 is 33.4 Å². The molecule has 0 radical (unpaired) electrons. The Kier molecular flexibility index (Phi) is 6.59. The number of amides is 1. The second kappa shape index (κ2) is 8.99.